The maximum atomic E-state index is 13.6. The molecule has 1 atom stereocenters. The molecule has 2 aromatic carbocycles. The van der Waals surface area contributed by atoms with Crippen LogP contribution < -0.4 is 0 Å². The van der Waals surface area contributed by atoms with Crippen LogP contribution in [0, 0.1) is 24.0 Å². The molecule has 1 saturated heterocycles. The van der Waals surface area contributed by atoms with Gasteiger partial charge in [0.2, 0.25) is 0 Å². The van der Waals surface area contributed by atoms with Crippen LogP contribution in [0.25, 0.3) is 0 Å². The van der Waals surface area contributed by atoms with Crippen molar-refractivity contribution in [1.29, 1.82) is 0 Å². The number of nitro benzene ring substituents is 1. The van der Waals surface area contributed by atoms with Crippen LogP contribution in [0.15, 0.2) is 54.6 Å². The van der Waals surface area contributed by atoms with Gasteiger partial charge < -0.3 is 14.5 Å². The van der Waals surface area contributed by atoms with E-state index in [-0.39, 0.29) is 55.1 Å². The van der Waals surface area contributed by atoms with Gasteiger partial charge in [-0.05, 0) is 38.5 Å². The summed E-state index contributed by atoms with van der Waals surface area (Å²) in [5, 5.41) is 10.9. The Kier molecular flexibility index (Phi) is 7.75. The fourth-order valence-corrected chi connectivity index (χ4v) is 4.39. The summed E-state index contributed by atoms with van der Waals surface area (Å²) in [5.74, 6) is -1.06. The van der Waals surface area contributed by atoms with E-state index in [1.165, 1.54) is 24.3 Å². The molecule has 0 N–H and O–H groups in total. The summed E-state index contributed by atoms with van der Waals surface area (Å²) in [7, 11) is 0. The van der Waals surface area contributed by atoms with Crippen molar-refractivity contribution in [2.75, 3.05) is 19.6 Å². The highest BCUT2D eigenvalue weighted by atomic mass is 16.6. The number of piperazine rings is 1. The second kappa shape index (κ2) is 11.2. The van der Waals surface area contributed by atoms with Crippen molar-refractivity contribution in [3.8, 4) is 0 Å². The quantitative estimate of drug-likeness (QED) is 0.276. The molecule has 2 heterocycles. The molecule has 11 heteroatoms. The average molecular weight is 518 g/mol. The molecule has 1 aliphatic rings. The zero-order chi connectivity index (χ0) is 27.4. The molecule has 3 aromatic rings. The predicted molar refractivity (Wildman–Crippen MR) is 137 cm³/mol. The van der Waals surface area contributed by atoms with Crippen LogP contribution in [0.2, 0.25) is 0 Å². The SMILES string of the molecule is Cc1nc(C)c(C(=O)OCc2ccccc2)c(C(=O)N2CCN(C(=O)c3ccc([N+](=O)[O-])cc3)C(C)C2)n1. The molecule has 11 nitrogen and oxygen atoms in total. The number of hydrogen-bond donors (Lipinski definition) is 0. The third-order valence-electron chi connectivity index (χ3n) is 6.32. The molecule has 0 spiro atoms. The Morgan fingerprint density at radius 2 is 1.68 bits per heavy atom. The minimum absolute atomic E-state index is 0.0218. The summed E-state index contributed by atoms with van der Waals surface area (Å²) in [4.78, 5) is 61.7. The lowest BCUT2D eigenvalue weighted by molar-refractivity contribution is -0.384. The number of ether oxygens (including phenoxy) is 1. The summed E-state index contributed by atoms with van der Waals surface area (Å²) in [6.45, 7) is 5.83. The van der Waals surface area contributed by atoms with Crippen LogP contribution in [-0.2, 0) is 11.3 Å². The van der Waals surface area contributed by atoms with Gasteiger partial charge in [0.25, 0.3) is 17.5 Å². The number of hydrogen-bond acceptors (Lipinski definition) is 8. The van der Waals surface area contributed by atoms with Gasteiger partial charge in [0.1, 0.15) is 23.7 Å². The average Bonchev–Trinajstić information content (AvgIpc) is 2.91. The van der Waals surface area contributed by atoms with Crippen molar-refractivity contribution in [2.24, 2.45) is 0 Å². The third-order valence-corrected chi connectivity index (χ3v) is 6.32. The Bertz CT molecular complexity index is 1380. The highest BCUT2D eigenvalue weighted by Crippen LogP contribution is 2.21. The minimum Gasteiger partial charge on any atom is -0.457 e. The molecule has 38 heavy (non-hydrogen) atoms. The molecule has 1 fully saturated rings. The number of amides is 2. The standard InChI is InChI=1S/C27H27N5O6/c1-17-15-30(13-14-31(17)25(33)21-9-11-22(12-10-21)32(36)37)26(34)24-23(18(2)28-19(3)29-24)27(35)38-16-20-7-5-4-6-8-20/h4-12,17H,13-16H2,1-3H3. The second-order valence-electron chi connectivity index (χ2n) is 9.04. The molecule has 4 rings (SSSR count). The summed E-state index contributed by atoms with van der Waals surface area (Å²) in [6, 6.07) is 14.3. The van der Waals surface area contributed by atoms with Gasteiger partial charge in [-0.2, -0.15) is 0 Å². The van der Waals surface area contributed by atoms with Gasteiger partial charge in [-0.1, -0.05) is 30.3 Å². The Morgan fingerprint density at radius 3 is 2.32 bits per heavy atom. The smallest absolute Gasteiger partial charge is 0.342 e. The number of non-ortho nitro benzene ring substituents is 1. The first-order valence-corrected chi connectivity index (χ1v) is 12.1. The number of esters is 1. The van der Waals surface area contributed by atoms with Crippen molar-refractivity contribution in [2.45, 2.75) is 33.4 Å². The zero-order valence-electron chi connectivity index (χ0n) is 21.3. The van der Waals surface area contributed by atoms with E-state index in [0.29, 0.717) is 17.1 Å². The van der Waals surface area contributed by atoms with E-state index in [1.54, 1.807) is 23.6 Å². The van der Waals surface area contributed by atoms with Gasteiger partial charge in [-0.25, -0.2) is 14.8 Å². The van der Waals surface area contributed by atoms with Crippen LogP contribution in [-0.4, -0.2) is 68.2 Å². The zero-order valence-corrected chi connectivity index (χ0v) is 21.3. The van der Waals surface area contributed by atoms with Gasteiger partial charge in [-0.3, -0.25) is 19.7 Å². The number of aromatic nitrogens is 2. The fourth-order valence-electron chi connectivity index (χ4n) is 4.39. The van der Waals surface area contributed by atoms with E-state index in [1.807, 2.05) is 37.3 Å². The second-order valence-corrected chi connectivity index (χ2v) is 9.04. The molecule has 0 radical (unpaired) electrons. The lowest BCUT2D eigenvalue weighted by Gasteiger charge is -2.40. The van der Waals surface area contributed by atoms with Gasteiger partial charge in [0, 0.05) is 43.4 Å². The highest BCUT2D eigenvalue weighted by Gasteiger charge is 2.34. The fraction of sp³-hybridized carbons (Fsp3) is 0.296. The van der Waals surface area contributed by atoms with Crippen LogP contribution >= 0.6 is 0 Å². The number of carbonyl (C=O) groups is 3. The lowest BCUT2D eigenvalue weighted by atomic mass is 10.1. The van der Waals surface area contributed by atoms with Gasteiger partial charge in [-0.15, -0.1) is 0 Å². The van der Waals surface area contributed by atoms with Crippen LogP contribution in [0.5, 0.6) is 0 Å². The van der Waals surface area contributed by atoms with Gasteiger partial charge in [0.05, 0.1) is 10.6 Å². The maximum Gasteiger partial charge on any atom is 0.342 e. The Balaban J connectivity index is 1.49. The van der Waals surface area contributed by atoms with E-state index in [4.69, 9.17) is 4.74 Å². The van der Waals surface area contributed by atoms with E-state index in [2.05, 4.69) is 9.97 Å². The largest absolute Gasteiger partial charge is 0.457 e. The van der Waals surface area contributed by atoms with Crippen molar-refractivity contribution in [3.05, 3.63) is 98.6 Å². The molecule has 1 aromatic heterocycles. The number of benzene rings is 2. The van der Waals surface area contributed by atoms with Crippen LogP contribution in [0.3, 0.4) is 0 Å². The first-order chi connectivity index (χ1) is 18.2. The first kappa shape index (κ1) is 26.4. The Hall–Kier alpha value is -4.67. The third kappa shape index (κ3) is 5.66. The molecule has 0 saturated carbocycles. The van der Waals surface area contributed by atoms with Gasteiger partial charge >= 0.3 is 5.97 Å². The van der Waals surface area contributed by atoms with Crippen molar-refractivity contribution >= 4 is 23.5 Å². The van der Waals surface area contributed by atoms with Crippen molar-refractivity contribution < 1.29 is 24.0 Å². The minimum atomic E-state index is -0.685. The molecule has 0 aliphatic carbocycles. The molecule has 2 amide bonds. The van der Waals surface area contributed by atoms with Crippen LogP contribution in [0.4, 0.5) is 5.69 Å². The first-order valence-electron chi connectivity index (χ1n) is 12.1. The van der Waals surface area contributed by atoms with Crippen molar-refractivity contribution in [3.63, 3.8) is 0 Å². The molecule has 1 unspecified atom stereocenters. The predicted octanol–water partition coefficient (Wildman–Crippen LogP) is 3.35. The number of nitro groups is 1. The molecule has 0 bridgehead atoms. The molecule has 1 aliphatic heterocycles. The summed E-state index contributed by atoms with van der Waals surface area (Å²) in [6.07, 6.45) is 0. The normalized spacial score (nSPS) is 15.2. The topological polar surface area (TPSA) is 136 Å². The van der Waals surface area contributed by atoms with Gasteiger partial charge in [0.15, 0.2) is 0 Å². The Labute approximate surface area is 219 Å². The number of aryl methyl sites for hydroxylation is 2. The lowest BCUT2D eigenvalue weighted by Crippen LogP contribution is -2.55. The van der Waals surface area contributed by atoms with Crippen LogP contribution in [0.1, 0.15) is 55.2 Å². The van der Waals surface area contributed by atoms with E-state index in [9.17, 15) is 24.5 Å². The molecule has 196 valence electrons. The van der Waals surface area contributed by atoms with E-state index >= 15 is 0 Å². The summed E-state index contributed by atoms with van der Waals surface area (Å²) >= 11 is 0. The Morgan fingerprint density at radius 1 is 1.00 bits per heavy atom. The molecular weight excluding hydrogens is 490 g/mol. The molecular formula is C27H27N5O6. The maximum absolute atomic E-state index is 13.6. The highest BCUT2D eigenvalue weighted by molar-refractivity contribution is 6.04. The number of rotatable bonds is 6. The van der Waals surface area contributed by atoms with E-state index < -0.39 is 16.8 Å². The monoisotopic (exact) mass is 517 g/mol. The summed E-state index contributed by atoms with van der Waals surface area (Å²) < 4.78 is 5.47. The summed E-state index contributed by atoms with van der Waals surface area (Å²) in [5.41, 5.74) is 1.37. The van der Waals surface area contributed by atoms with Crippen molar-refractivity contribution in [1.82, 2.24) is 19.8 Å². The number of carbonyl (C=O) groups excluding carboxylic acids is 3. The number of nitrogens with zero attached hydrogens (tertiary/aromatic N) is 5. The van der Waals surface area contributed by atoms with E-state index in [0.717, 1.165) is 5.56 Å².